The quantitative estimate of drug-likeness (QED) is 0.840. The molecule has 110 valence electrons. The SMILES string of the molecule is O=C(CC1CCCCN1)N1CCC(C(F)(F)F)CC1. The van der Waals surface area contributed by atoms with Gasteiger partial charge in [0.15, 0.2) is 0 Å². The van der Waals surface area contributed by atoms with E-state index >= 15 is 0 Å². The van der Waals surface area contributed by atoms with Gasteiger partial charge in [-0.3, -0.25) is 4.79 Å². The summed E-state index contributed by atoms with van der Waals surface area (Å²) in [5, 5.41) is 3.29. The van der Waals surface area contributed by atoms with Gasteiger partial charge in [-0.25, -0.2) is 0 Å². The summed E-state index contributed by atoms with van der Waals surface area (Å²) >= 11 is 0. The molecule has 3 nitrogen and oxygen atoms in total. The second-order valence-electron chi connectivity index (χ2n) is 5.55. The number of piperidine rings is 2. The Morgan fingerprint density at radius 2 is 1.84 bits per heavy atom. The van der Waals surface area contributed by atoms with Crippen LogP contribution >= 0.6 is 0 Å². The van der Waals surface area contributed by atoms with Gasteiger partial charge in [-0.15, -0.1) is 0 Å². The molecule has 2 saturated heterocycles. The number of amides is 1. The van der Waals surface area contributed by atoms with Crippen LogP contribution in [0.5, 0.6) is 0 Å². The smallest absolute Gasteiger partial charge is 0.343 e. The highest BCUT2D eigenvalue weighted by Crippen LogP contribution is 2.34. The van der Waals surface area contributed by atoms with E-state index in [1.807, 2.05) is 0 Å². The van der Waals surface area contributed by atoms with E-state index in [0.29, 0.717) is 6.42 Å². The van der Waals surface area contributed by atoms with Crippen LogP contribution in [0, 0.1) is 5.92 Å². The summed E-state index contributed by atoms with van der Waals surface area (Å²) in [5.41, 5.74) is 0. The number of nitrogens with zero attached hydrogens (tertiary/aromatic N) is 1. The third-order valence-corrected chi connectivity index (χ3v) is 4.14. The van der Waals surface area contributed by atoms with Crippen LogP contribution in [-0.2, 0) is 4.79 Å². The van der Waals surface area contributed by atoms with Crippen LogP contribution < -0.4 is 5.32 Å². The molecule has 1 amide bonds. The van der Waals surface area contributed by atoms with Gasteiger partial charge >= 0.3 is 6.18 Å². The van der Waals surface area contributed by atoms with E-state index in [4.69, 9.17) is 0 Å². The number of rotatable bonds is 2. The summed E-state index contributed by atoms with van der Waals surface area (Å²) < 4.78 is 37.6. The molecule has 2 aliphatic heterocycles. The van der Waals surface area contributed by atoms with Gasteiger partial charge in [0.05, 0.1) is 5.92 Å². The van der Waals surface area contributed by atoms with E-state index in [2.05, 4.69) is 5.32 Å². The lowest BCUT2D eigenvalue weighted by molar-refractivity contribution is -0.186. The van der Waals surface area contributed by atoms with Crippen molar-refractivity contribution < 1.29 is 18.0 Å². The Balaban J connectivity index is 1.76. The Bertz CT molecular complexity index is 306. The summed E-state index contributed by atoms with van der Waals surface area (Å²) in [6.07, 6.45) is -0.328. The monoisotopic (exact) mass is 278 g/mol. The number of hydrogen-bond acceptors (Lipinski definition) is 2. The largest absolute Gasteiger partial charge is 0.391 e. The molecule has 6 heteroatoms. The lowest BCUT2D eigenvalue weighted by atomic mass is 9.95. The maximum Gasteiger partial charge on any atom is 0.391 e. The number of hydrogen-bond donors (Lipinski definition) is 1. The van der Waals surface area contributed by atoms with Crippen molar-refractivity contribution in [1.29, 1.82) is 0 Å². The molecule has 0 aliphatic carbocycles. The fraction of sp³-hybridized carbons (Fsp3) is 0.923. The molecule has 2 fully saturated rings. The topological polar surface area (TPSA) is 32.3 Å². The number of likely N-dealkylation sites (tertiary alicyclic amines) is 1. The molecular weight excluding hydrogens is 257 g/mol. The van der Waals surface area contributed by atoms with Crippen LogP contribution in [0.2, 0.25) is 0 Å². The van der Waals surface area contributed by atoms with Crippen molar-refractivity contribution in [1.82, 2.24) is 10.2 Å². The predicted octanol–water partition coefficient (Wildman–Crippen LogP) is 2.32. The Kier molecular flexibility index (Phi) is 4.71. The summed E-state index contributed by atoms with van der Waals surface area (Å²) in [6, 6.07) is 0.210. The van der Waals surface area contributed by atoms with Gasteiger partial charge in [0.25, 0.3) is 0 Å². The van der Waals surface area contributed by atoms with Crippen molar-refractivity contribution in [3.63, 3.8) is 0 Å². The Labute approximate surface area is 111 Å². The molecule has 1 unspecified atom stereocenters. The van der Waals surface area contributed by atoms with Crippen LogP contribution in [0.3, 0.4) is 0 Å². The lowest BCUT2D eigenvalue weighted by Crippen LogP contribution is -2.45. The highest BCUT2D eigenvalue weighted by atomic mass is 19.4. The second-order valence-corrected chi connectivity index (χ2v) is 5.55. The summed E-state index contributed by atoms with van der Waals surface area (Å²) in [5.74, 6) is -1.23. The Morgan fingerprint density at radius 1 is 1.16 bits per heavy atom. The fourth-order valence-electron chi connectivity index (χ4n) is 2.89. The number of carbonyl (C=O) groups excluding carboxylic acids is 1. The Hall–Kier alpha value is -0.780. The summed E-state index contributed by atoms with van der Waals surface area (Å²) in [4.78, 5) is 13.6. The molecule has 0 aromatic carbocycles. The lowest BCUT2D eigenvalue weighted by Gasteiger charge is -2.34. The molecule has 2 aliphatic rings. The molecule has 2 rings (SSSR count). The summed E-state index contributed by atoms with van der Waals surface area (Å²) in [7, 11) is 0. The first-order valence-electron chi connectivity index (χ1n) is 7.04. The zero-order valence-electron chi connectivity index (χ0n) is 11.0. The van der Waals surface area contributed by atoms with E-state index in [-0.39, 0.29) is 37.9 Å². The van der Waals surface area contributed by atoms with Crippen molar-refractivity contribution in [3.8, 4) is 0 Å². The molecule has 1 atom stereocenters. The van der Waals surface area contributed by atoms with Crippen LogP contribution in [0.1, 0.15) is 38.5 Å². The van der Waals surface area contributed by atoms with E-state index in [9.17, 15) is 18.0 Å². The molecule has 0 saturated carbocycles. The average Bonchev–Trinajstić information content (AvgIpc) is 2.39. The first kappa shape index (κ1) is 14.6. The minimum Gasteiger partial charge on any atom is -0.343 e. The van der Waals surface area contributed by atoms with Crippen LogP contribution in [0.25, 0.3) is 0 Å². The minimum absolute atomic E-state index is 0.0000227. The Morgan fingerprint density at radius 3 is 2.37 bits per heavy atom. The predicted molar refractivity (Wildman–Crippen MR) is 65.6 cm³/mol. The molecule has 1 N–H and O–H groups in total. The fourth-order valence-corrected chi connectivity index (χ4v) is 2.89. The number of nitrogens with one attached hydrogen (secondary N) is 1. The molecule has 0 aromatic rings. The van der Waals surface area contributed by atoms with Crippen molar-refractivity contribution in [2.45, 2.75) is 50.7 Å². The number of carbonyl (C=O) groups is 1. The van der Waals surface area contributed by atoms with Crippen LogP contribution in [0.4, 0.5) is 13.2 Å². The molecule has 0 bridgehead atoms. The van der Waals surface area contributed by atoms with Crippen molar-refractivity contribution in [2.75, 3.05) is 19.6 Å². The maximum atomic E-state index is 12.5. The summed E-state index contributed by atoms with van der Waals surface area (Å²) in [6.45, 7) is 1.43. The van der Waals surface area contributed by atoms with Crippen molar-refractivity contribution in [3.05, 3.63) is 0 Å². The van der Waals surface area contributed by atoms with Gasteiger partial charge in [-0.1, -0.05) is 6.42 Å². The molecule has 0 spiro atoms. The normalized spacial score (nSPS) is 26.5. The molecule has 19 heavy (non-hydrogen) atoms. The van der Waals surface area contributed by atoms with E-state index in [1.165, 1.54) is 0 Å². The van der Waals surface area contributed by atoms with Crippen LogP contribution in [-0.4, -0.2) is 42.7 Å². The van der Waals surface area contributed by atoms with Crippen molar-refractivity contribution >= 4 is 5.91 Å². The highest BCUT2D eigenvalue weighted by molar-refractivity contribution is 5.76. The van der Waals surface area contributed by atoms with Crippen molar-refractivity contribution in [2.24, 2.45) is 5.92 Å². The zero-order valence-corrected chi connectivity index (χ0v) is 11.0. The molecule has 2 heterocycles. The van der Waals surface area contributed by atoms with Gasteiger partial charge < -0.3 is 10.2 Å². The first-order valence-corrected chi connectivity index (χ1v) is 7.04. The second kappa shape index (κ2) is 6.11. The number of alkyl halides is 3. The van der Waals surface area contributed by atoms with E-state index in [0.717, 1.165) is 25.8 Å². The average molecular weight is 278 g/mol. The number of halogens is 3. The van der Waals surface area contributed by atoms with Gasteiger partial charge in [0, 0.05) is 25.6 Å². The van der Waals surface area contributed by atoms with Gasteiger partial charge in [0.2, 0.25) is 5.91 Å². The van der Waals surface area contributed by atoms with Crippen LogP contribution in [0.15, 0.2) is 0 Å². The van der Waals surface area contributed by atoms with Gasteiger partial charge in [-0.2, -0.15) is 13.2 Å². The standard InChI is InChI=1S/C13H21F3N2O/c14-13(15,16)10-4-7-18(8-5-10)12(19)9-11-3-1-2-6-17-11/h10-11,17H,1-9H2. The third-order valence-electron chi connectivity index (χ3n) is 4.14. The zero-order chi connectivity index (χ0) is 13.9. The third kappa shape index (κ3) is 4.09. The molecular formula is C13H21F3N2O. The first-order chi connectivity index (χ1) is 8.97. The van der Waals surface area contributed by atoms with E-state index < -0.39 is 12.1 Å². The van der Waals surface area contributed by atoms with E-state index in [1.54, 1.807) is 4.90 Å². The van der Waals surface area contributed by atoms with Gasteiger partial charge in [0.1, 0.15) is 0 Å². The highest BCUT2D eigenvalue weighted by Gasteiger charge is 2.41. The van der Waals surface area contributed by atoms with Gasteiger partial charge in [-0.05, 0) is 32.2 Å². The molecule has 0 aromatic heterocycles. The molecule has 0 radical (unpaired) electrons. The maximum absolute atomic E-state index is 12.5. The minimum atomic E-state index is -4.11.